The molecule has 0 radical (unpaired) electrons. The van der Waals surface area contributed by atoms with E-state index in [0.717, 1.165) is 0 Å². The molecule has 0 saturated carbocycles. The van der Waals surface area contributed by atoms with E-state index >= 15 is 0 Å². The number of hydrogen-bond donors (Lipinski definition) is 2. The molecule has 0 aliphatic carbocycles. The van der Waals surface area contributed by atoms with Gasteiger partial charge in [-0.3, -0.25) is 4.79 Å². The molecule has 4 aromatic rings. The van der Waals surface area contributed by atoms with Crippen molar-refractivity contribution in [1.82, 2.24) is 19.9 Å². The van der Waals surface area contributed by atoms with Gasteiger partial charge in [0.05, 0.1) is 17.8 Å². The van der Waals surface area contributed by atoms with Crippen molar-refractivity contribution in [3.05, 3.63) is 78.0 Å². The van der Waals surface area contributed by atoms with Gasteiger partial charge in [0, 0.05) is 17.3 Å². The molecule has 0 aliphatic heterocycles. The first-order valence-corrected chi connectivity index (χ1v) is 10.0. The lowest BCUT2D eigenvalue weighted by Gasteiger charge is -2.19. The highest BCUT2D eigenvalue weighted by atomic mass is 19.4. The molecule has 1 amide bonds. The molecule has 2 aromatic heterocycles. The molecule has 0 atom stereocenters. The standard InChI is InChI=1S/C23H15F5N6O/c24-22(25,23(26,27)28)13-30-20(35)15-6-3-5-14(10-15)17-8-9-19-32-21(33-34(19)12-17)31-18-7-2-1-4-16(18)11-29/h1-10,12H,13H2,(H,30,35)(H,31,33). The topological polar surface area (TPSA) is 95.1 Å². The molecule has 2 aromatic carbocycles. The summed E-state index contributed by atoms with van der Waals surface area (Å²) in [5.41, 5.74) is 2.42. The number of fused-ring (bicyclic) bond motifs is 1. The first-order valence-electron chi connectivity index (χ1n) is 10.0. The van der Waals surface area contributed by atoms with Gasteiger partial charge in [-0.05, 0) is 42.0 Å². The summed E-state index contributed by atoms with van der Waals surface area (Å²) in [5.74, 6) is -5.87. The van der Waals surface area contributed by atoms with Crippen molar-refractivity contribution in [3.63, 3.8) is 0 Å². The van der Waals surface area contributed by atoms with Crippen LogP contribution in [0.3, 0.4) is 0 Å². The quantitative estimate of drug-likeness (QED) is 0.377. The lowest BCUT2D eigenvalue weighted by molar-refractivity contribution is -0.278. The van der Waals surface area contributed by atoms with Crippen molar-refractivity contribution in [1.29, 1.82) is 5.26 Å². The van der Waals surface area contributed by atoms with E-state index in [0.29, 0.717) is 28.0 Å². The number of nitrogens with zero attached hydrogens (tertiary/aromatic N) is 4. The van der Waals surface area contributed by atoms with E-state index in [4.69, 9.17) is 0 Å². The fraction of sp³-hybridized carbons (Fsp3) is 0.130. The Kier molecular flexibility index (Phi) is 6.09. The van der Waals surface area contributed by atoms with Crippen LogP contribution in [0.2, 0.25) is 0 Å². The molecule has 35 heavy (non-hydrogen) atoms. The Balaban J connectivity index is 1.54. The van der Waals surface area contributed by atoms with Crippen molar-refractivity contribution in [2.45, 2.75) is 12.1 Å². The van der Waals surface area contributed by atoms with Crippen LogP contribution in [0.25, 0.3) is 16.8 Å². The van der Waals surface area contributed by atoms with Crippen LogP contribution in [-0.2, 0) is 0 Å². The highest BCUT2D eigenvalue weighted by molar-refractivity contribution is 5.95. The molecule has 2 N–H and O–H groups in total. The summed E-state index contributed by atoms with van der Waals surface area (Å²) < 4.78 is 64.7. The van der Waals surface area contributed by atoms with Gasteiger partial charge in [0.1, 0.15) is 6.07 Å². The number of nitriles is 1. The molecule has 4 rings (SSSR count). The number of carbonyl (C=O) groups excluding carboxylic acids is 1. The number of rotatable bonds is 6. The van der Waals surface area contributed by atoms with E-state index in [1.54, 1.807) is 54.0 Å². The van der Waals surface area contributed by atoms with Crippen LogP contribution in [0, 0.1) is 11.3 Å². The zero-order valence-electron chi connectivity index (χ0n) is 17.6. The average molecular weight is 486 g/mol. The highest BCUT2D eigenvalue weighted by Gasteiger charge is 2.57. The normalized spacial score (nSPS) is 11.8. The third kappa shape index (κ3) is 5.03. The number of alkyl halides is 5. The van der Waals surface area contributed by atoms with E-state index in [1.807, 2.05) is 0 Å². The molecule has 0 bridgehead atoms. The SMILES string of the molecule is N#Cc1ccccc1Nc1nc2ccc(-c3cccc(C(=O)NCC(F)(F)C(F)(F)F)c3)cn2n1. The highest BCUT2D eigenvalue weighted by Crippen LogP contribution is 2.34. The zero-order chi connectivity index (χ0) is 25.2. The summed E-state index contributed by atoms with van der Waals surface area (Å²) >= 11 is 0. The van der Waals surface area contributed by atoms with E-state index < -0.39 is 24.6 Å². The van der Waals surface area contributed by atoms with Gasteiger partial charge < -0.3 is 10.6 Å². The molecule has 0 unspecified atom stereocenters. The first kappa shape index (κ1) is 23.6. The number of para-hydroxylation sites is 1. The largest absolute Gasteiger partial charge is 0.455 e. The average Bonchev–Trinajstić information content (AvgIpc) is 3.23. The maximum atomic E-state index is 13.1. The predicted molar refractivity (Wildman–Crippen MR) is 116 cm³/mol. The Hall–Kier alpha value is -4.53. The Bertz CT molecular complexity index is 1440. The number of aromatic nitrogens is 3. The number of nitrogens with one attached hydrogen (secondary N) is 2. The second kappa shape index (κ2) is 9.02. The maximum absolute atomic E-state index is 13.1. The Morgan fingerprint density at radius 1 is 1.00 bits per heavy atom. The zero-order valence-corrected chi connectivity index (χ0v) is 17.6. The van der Waals surface area contributed by atoms with Crippen molar-refractivity contribution >= 4 is 23.2 Å². The van der Waals surface area contributed by atoms with Gasteiger partial charge in [-0.15, -0.1) is 5.10 Å². The van der Waals surface area contributed by atoms with Gasteiger partial charge in [-0.1, -0.05) is 24.3 Å². The van der Waals surface area contributed by atoms with Crippen molar-refractivity contribution in [2.24, 2.45) is 0 Å². The third-order valence-electron chi connectivity index (χ3n) is 4.97. The fourth-order valence-corrected chi connectivity index (χ4v) is 3.15. The van der Waals surface area contributed by atoms with Crippen LogP contribution >= 0.6 is 0 Å². The third-order valence-corrected chi connectivity index (χ3v) is 4.97. The minimum atomic E-state index is -5.76. The van der Waals surface area contributed by atoms with Crippen LogP contribution in [-0.4, -0.2) is 39.1 Å². The summed E-state index contributed by atoms with van der Waals surface area (Å²) in [5, 5.41) is 18.1. The van der Waals surface area contributed by atoms with Crippen molar-refractivity contribution in [2.75, 3.05) is 11.9 Å². The van der Waals surface area contributed by atoms with Gasteiger partial charge in [-0.2, -0.15) is 32.2 Å². The second-order valence-electron chi connectivity index (χ2n) is 7.40. The first-order chi connectivity index (χ1) is 16.6. The predicted octanol–water partition coefficient (Wildman–Crippen LogP) is 4.94. The number of hydrogen-bond acceptors (Lipinski definition) is 5. The van der Waals surface area contributed by atoms with Gasteiger partial charge in [0.15, 0.2) is 5.65 Å². The summed E-state index contributed by atoms with van der Waals surface area (Å²) in [6.07, 6.45) is -4.15. The summed E-state index contributed by atoms with van der Waals surface area (Å²) in [7, 11) is 0. The van der Waals surface area contributed by atoms with E-state index in [2.05, 4.69) is 21.5 Å². The number of amides is 1. The number of carbonyl (C=O) groups is 1. The molecule has 0 aliphatic rings. The minimum Gasteiger partial charge on any atom is -0.346 e. The molecular formula is C23H15F5N6O. The fourth-order valence-electron chi connectivity index (χ4n) is 3.15. The molecule has 178 valence electrons. The van der Waals surface area contributed by atoms with Crippen LogP contribution in [0.1, 0.15) is 15.9 Å². The summed E-state index contributed by atoms with van der Waals surface area (Å²) in [6.45, 7) is -1.87. The number of pyridine rings is 1. The molecule has 7 nitrogen and oxygen atoms in total. The molecule has 0 spiro atoms. The monoisotopic (exact) mass is 486 g/mol. The van der Waals surface area contributed by atoms with Crippen molar-refractivity contribution < 1.29 is 26.7 Å². The van der Waals surface area contributed by atoms with E-state index in [1.165, 1.54) is 22.7 Å². The molecule has 2 heterocycles. The summed E-state index contributed by atoms with van der Waals surface area (Å²) in [4.78, 5) is 16.5. The summed E-state index contributed by atoms with van der Waals surface area (Å²) in [6, 6.07) is 18.0. The molecule has 0 fully saturated rings. The Morgan fingerprint density at radius 2 is 1.77 bits per heavy atom. The number of benzene rings is 2. The van der Waals surface area contributed by atoms with Crippen LogP contribution in [0.15, 0.2) is 66.9 Å². The maximum Gasteiger partial charge on any atom is 0.455 e. The lowest BCUT2D eigenvalue weighted by Crippen LogP contribution is -2.46. The molecular weight excluding hydrogens is 471 g/mol. The van der Waals surface area contributed by atoms with Crippen LogP contribution in [0.5, 0.6) is 0 Å². The van der Waals surface area contributed by atoms with Crippen molar-refractivity contribution in [3.8, 4) is 17.2 Å². The molecule has 12 heteroatoms. The van der Waals surface area contributed by atoms with E-state index in [9.17, 15) is 32.0 Å². The smallest absolute Gasteiger partial charge is 0.346 e. The van der Waals surface area contributed by atoms with Gasteiger partial charge in [0.25, 0.3) is 5.91 Å². The minimum absolute atomic E-state index is 0.0883. The number of anilines is 2. The van der Waals surface area contributed by atoms with Gasteiger partial charge in [0.2, 0.25) is 5.95 Å². The lowest BCUT2D eigenvalue weighted by atomic mass is 10.0. The van der Waals surface area contributed by atoms with Gasteiger partial charge >= 0.3 is 12.1 Å². The van der Waals surface area contributed by atoms with Crippen LogP contribution < -0.4 is 10.6 Å². The van der Waals surface area contributed by atoms with E-state index in [-0.39, 0.29) is 11.5 Å². The second-order valence-corrected chi connectivity index (χ2v) is 7.40. The Labute approximate surface area is 194 Å². The number of halogens is 5. The Morgan fingerprint density at radius 3 is 2.51 bits per heavy atom. The van der Waals surface area contributed by atoms with Crippen LogP contribution in [0.4, 0.5) is 33.6 Å². The molecule has 0 saturated heterocycles. The van der Waals surface area contributed by atoms with Gasteiger partial charge in [-0.25, -0.2) is 4.52 Å².